The van der Waals surface area contributed by atoms with Crippen molar-refractivity contribution < 1.29 is 28.5 Å². The third-order valence-electron chi connectivity index (χ3n) is 8.59. The highest BCUT2D eigenvalue weighted by Gasteiger charge is 2.54. The van der Waals surface area contributed by atoms with Crippen LogP contribution in [0.4, 0.5) is 4.39 Å². The van der Waals surface area contributed by atoms with Gasteiger partial charge in [-0.15, -0.1) is 0 Å². The molecule has 3 aromatic rings. The van der Waals surface area contributed by atoms with Crippen molar-refractivity contribution in [1.82, 2.24) is 0 Å². The standard InChI is InChI=1S/C33H37FO5/c1-32(2,3)30(38-5)26-16-20(6-10-24(26)25-17-22(37-4)9-11-29(25)34)19-39-23-8-7-21-12-14-33(28(21)18-23)15-13-27(33)31(35)36/h6-11,16-18,27,30H,12-15,19H2,1-5H3,(H,35,36)/t27-,30+,33-/m0/s1. The Hall–Kier alpha value is -3.38. The third-order valence-corrected chi connectivity index (χ3v) is 8.59. The summed E-state index contributed by atoms with van der Waals surface area (Å²) in [6, 6.07) is 16.8. The number of hydrogen-bond donors (Lipinski definition) is 1. The molecule has 0 radical (unpaired) electrons. The second-order valence-corrected chi connectivity index (χ2v) is 11.9. The van der Waals surface area contributed by atoms with Crippen LogP contribution in [0, 0.1) is 17.2 Å². The normalized spacial score (nSPS) is 20.8. The number of benzene rings is 3. The minimum atomic E-state index is -0.702. The molecule has 1 N–H and O–H groups in total. The van der Waals surface area contributed by atoms with Crippen molar-refractivity contribution in [3.05, 3.63) is 82.7 Å². The van der Waals surface area contributed by atoms with Crippen molar-refractivity contribution in [3.63, 3.8) is 0 Å². The Balaban J connectivity index is 1.46. The van der Waals surface area contributed by atoms with Gasteiger partial charge in [-0.1, -0.05) is 39.0 Å². The highest BCUT2D eigenvalue weighted by atomic mass is 19.1. The number of hydrogen-bond acceptors (Lipinski definition) is 4. The lowest BCUT2D eigenvalue weighted by atomic mass is 9.57. The average Bonchev–Trinajstić information content (AvgIpc) is 3.27. The van der Waals surface area contributed by atoms with Crippen molar-refractivity contribution in [2.45, 2.75) is 64.6 Å². The topological polar surface area (TPSA) is 65.0 Å². The molecule has 1 saturated carbocycles. The van der Waals surface area contributed by atoms with E-state index in [0.29, 0.717) is 17.9 Å². The second kappa shape index (κ2) is 10.3. The van der Waals surface area contributed by atoms with Gasteiger partial charge in [-0.2, -0.15) is 0 Å². The van der Waals surface area contributed by atoms with Gasteiger partial charge in [-0.05, 0) is 95.3 Å². The Labute approximate surface area is 229 Å². The summed E-state index contributed by atoms with van der Waals surface area (Å²) in [7, 11) is 3.25. The van der Waals surface area contributed by atoms with E-state index in [-0.39, 0.29) is 28.7 Å². The highest BCUT2D eigenvalue weighted by molar-refractivity contribution is 5.75. The molecule has 2 aliphatic rings. The number of fused-ring (bicyclic) bond motifs is 2. The SMILES string of the molecule is COc1ccc(F)c(-c2ccc(COc3ccc4c(c3)[C@@]3(CC4)CC[C@H]3C(=O)O)cc2[C@@H](OC)C(C)(C)C)c1. The predicted molar refractivity (Wildman–Crippen MR) is 149 cm³/mol. The number of halogens is 1. The first-order valence-electron chi connectivity index (χ1n) is 13.6. The number of ether oxygens (including phenoxy) is 3. The second-order valence-electron chi connectivity index (χ2n) is 11.9. The average molecular weight is 533 g/mol. The molecular formula is C33H37FO5. The van der Waals surface area contributed by atoms with Crippen LogP contribution in [0.15, 0.2) is 54.6 Å². The van der Waals surface area contributed by atoms with Crippen molar-refractivity contribution in [1.29, 1.82) is 0 Å². The smallest absolute Gasteiger partial charge is 0.307 e. The van der Waals surface area contributed by atoms with Crippen LogP contribution in [0.3, 0.4) is 0 Å². The fraction of sp³-hybridized carbons (Fsp3) is 0.424. The monoisotopic (exact) mass is 532 g/mol. The molecule has 5 rings (SSSR count). The maximum Gasteiger partial charge on any atom is 0.307 e. The first-order chi connectivity index (χ1) is 18.6. The number of methoxy groups -OCH3 is 2. The summed E-state index contributed by atoms with van der Waals surface area (Å²) < 4.78 is 32.6. The zero-order valence-corrected chi connectivity index (χ0v) is 23.3. The van der Waals surface area contributed by atoms with Crippen LogP contribution >= 0.6 is 0 Å². The Kier molecular flexibility index (Phi) is 7.19. The lowest BCUT2D eigenvalue weighted by Crippen LogP contribution is -2.46. The zero-order valence-electron chi connectivity index (χ0n) is 23.3. The van der Waals surface area contributed by atoms with E-state index in [1.807, 2.05) is 30.3 Å². The van der Waals surface area contributed by atoms with Crippen LogP contribution in [0.25, 0.3) is 11.1 Å². The van der Waals surface area contributed by atoms with Crippen molar-refractivity contribution >= 4 is 5.97 Å². The summed E-state index contributed by atoms with van der Waals surface area (Å²) in [6.07, 6.45) is 3.16. The summed E-state index contributed by atoms with van der Waals surface area (Å²) in [4.78, 5) is 11.8. The lowest BCUT2D eigenvalue weighted by Gasteiger charge is -2.45. The molecule has 0 saturated heterocycles. The largest absolute Gasteiger partial charge is 0.497 e. The Morgan fingerprint density at radius 1 is 1.03 bits per heavy atom. The van der Waals surface area contributed by atoms with Gasteiger partial charge in [0.05, 0.1) is 19.1 Å². The number of aliphatic carboxylic acids is 1. The van der Waals surface area contributed by atoms with Crippen molar-refractivity contribution in [2.24, 2.45) is 11.3 Å². The third kappa shape index (κ3) is 4.91. The molecule has 206 valence electrons. The summed E-state index contributed by atoms with van der Waals surface area (Å²) in [5.74, 6) is -0.0285. The molecule has 1 spiro atoms. The molecular weight excluding hydrogens is 495 g/mol. The fourth-order valence-corrected chi connectivity index (χ4v) is 6.55. The summed E-state index contributed by atoms with van der Waals surface area (Å²) in [5.41, 5.74) is 4.89. The fourth-order valence-electron chi connectivity index (χ4n) is 6.55. The van der Waals surface area contributed by atoms with Gasteiger partial charge in [0.2, 0.25) is 0 Å². The quantitative estimate of drug-likeness (QED) is 0.326. The van der Waals surface area contributed by atoms with E-state index in [0.717, 1.165) is 53.7 Å². The number of carboxylic acid groups (broad SMARTS) is 1. The Morgan fingerprint density at radius 2 is 1.79 bits per heavy atom. The first kappa shape index (κ1) is 27.2. The molecule has 0 aliphatic heterocycles. The van der Waals surface area contributed by atoms with E-state index in [9.17, 15) is 9.90 Å². The van der Waals surface area contributed by atoms with Gasteiger partial charge in [-0.25, -0.2) is 4.39 Å². The van der Waals surface area contributed by atoms with Crippen LogP contribution in [-0.2, 0) is 28.0 Å². The molecule has 5 nitrogen and oxygen atoms in total. The van der Waals surface area contributed by atoms with Crippen molar-refractivity contribution in [3.8, 4) is 22.6 Å². The number of rotatable bonds is 8. The number of carboxylic acids is 1. The van der Waals surface area contributed by atoms with Gasteiger partial charge in [0.1, 0.15) is 23.9 Å². The van der Waals surface area contributed by atoms with E-state index >= 15 is 4.39 Å². The molecule has 0 amide bonds. The van der Waals surface area contributed by atoms with Crippen LogP contribution < -0.4 is 9.47 Å². The predicted octanol–water partition coefficient (Wildman–Crippen LogP) is 7.49. The molecule has 3 aromatic carbocycles. The molecule has 3 atom stereocenters. The molecule has 0 heterocycles. The van der Waals surface area contributed by atoms with Gasteiger partial charge in [0.15, 0.2) is 0 Å². The molecule has 39 heavy (non-hydrogen) atoms. The van der Waals surface area contributed by atoms with E-state index in [4.69, 9.17) is 14.2 Å². The van der Waals surface area contributed by atoms with Crippen LogP contribution in [0.1, 0.15) is 68.4 Å². The van der Waals surface area contributed by atoms with Crippen LogP contribution in [-0.4, -0.2) is 25.3 Å². The van der Waals surface area contributed by atoms with Gasteiger partial charge in [-0.3, -0.25) is 4.79 Å². The van der Waals surface area contributed by atoms with Crippen LogP contribution in [0.2, 0.25) is 0 Å². The molecule has 0 unspecified atom stereocenters. The minimum Gasteiger partial charge on any atom is -0.497 e. The van der Waals surface area contributed by atoms with E-state index < -0.39 is 5.97 Å². The molecule has 6 heteroatoms. The van der Waals surface area contributed by atoms with Gasteiger partial charge in [0, 0.05) is 18.1 Å². The minimum absolute atomic E-state index is 0.240. The summed E-state index contributed by atoms with van der Waals surface area (Å²) >= 11 is 0. The van der Waals surface area contributed by atoms with E-state index in [1.54, 1.807) is 26.4 Å². The van der Waals surface area contributed by atoms with E-state index in [1.165, 1.54) is 11.6 Å². The maximum atomic E-state index is 15.0. The molecule has 0 bridgehead atoms. The molecule has 1 fully saturated rings. The summed E-state index contributed by atoms with van der Waals surface area (Å²) in [6.45, 7) is 6.62. The first-order valence-corrected chi connectivity index (χ1v) is 13.6. The van der Waals surface area contributed by atoms with E-state index in [2.05, 4.69) is 26.8 Å². The van der Waals surface area contributed by atoms with Gasteiger partial charge >= 0.3 is 5.97 Å². The zero-order chi connectivity index (χ0) is 27.9. The lowest BCUT2D eigenvalue weighted by molar-refractivity contribution is -0.149. The van der Waals surface area contributed by atoms with Gasteiger partial charge in [0.25, 0.3) is 0 Å². The summed E-state index contributed by atoms with van der Waals surface area (Å²) in [5, 5.41) is 9.73. The maximum absolute atomic E-state index is 15.0. The van der Waals surface area contributed by atoms with Crippen LogP contribution in [0.5, 0.6) is 11.5 Å². The number of carbonyl (C=O) groups is 1. The van der Waals surface area contributed by atoms with Crippen molar-refractivity contribution in [2.75, 3.05) is 14.2 Å². The molecule has 2 aliphatic carbocycles. The number of aryl methyl sites for hydroxylation is 1. The Bertz CT molecular complexity index is 1390. The molecule has 0 aromatic heterocycles. The Morgan fingerprint density at radius 3 is 2.44 bits per heavy atom. The van der Waals surface area contributed by atoms with Gasteiger partial charge < -0.3 is 19.3 Å². The highest BCUT2D eigenvalue weighted by Crippen LogP contribution is 2.57.